The quantitative estimate of drug-likeness (QED) is 0.847. The number of likely N-dealkylation sites (N-methyl/N-ethyl adjacent to an activating group) is 1. The Labute approximate surface area is 129 Å². The fraction of sp³-hybridized carbons (Fsp3) is 0.188. The number of carbonyl (C=O) groups is 1. The van der Waals surface area contributed by atoms with E-state index in [9.17, 15) is 19.1 Å². The standard InChI is InChI=1S/C16H18NO4P/c1-17(2)15(18)16(22(19,20)21,13-9-5-3-6-10-13)14-11-7-4-8-12-14/h3-12H,1-2H3,(H2,19,20,21). The minimum absolute atomic E-state index is 0.272. The number of amides is 1. The van der Waals surface area contributed by atoms with E-state index < -0.39 is 18.7 Å². The zero-order valence-corrected chi connectivity index (χ0v) is 13.3. The molecule has 0 heterocycles. The van der Waals surface area contributed by atoms with Gasteiger partial charge in [0.25, 0.3) is 0 Å². The maximum atomic E-state index is 12.8. The fourth-order valence-corrected chi connectivity index (χ4v) is 3.98. The Morgan fingerprint density at radius 3 is 1.55 bits per heavy atom. The van der Waals surface area contributed by atoms with Crippen LogP contribution in [0.15, 0.2) is 60.7 Å². The average Bonchev–Trinajstić information content (AvgIpc) is 2.48. The maximum absolute atomic E-state index is 12.8. The summed E-state index contributed by atoms with van der Waals surface area (Å²) < 4.78 is 12.4. The number of nitrogens with zero attached hydrogens (tertiary/aromatic N) is 1. The molecule has 0 bridgehead atoms. The zero-order valence-electron chi connectivity index (χ0n) is 12.4. The van der Waals surface area contributed by atoms with Crippen LogP contribution in [0.3, 0.4) is 0 Å². The van der Waals surface area contributed by atoms with Crippen molar-refractivity contribution in [2.24, 2.45) is 0 Å². The summed E-state index contributed by atoms with van der Waals surface area (Å²) in [5.74, 6) is -0.654. The lowest BCUT2D eigenvalue weighted by atomic mass is 9.89. The second-order valence-corrected chi connectivity index (χ2v) is 6.94. The molecule has 0 saturated heterocycles. The highest BCUT2D eigenvalue weighted by atomic mass is 31.2. The van der Waals surface area contributed by atoms with Gasteiger partial charge in [0.15, 0.2) is 5.16 Å². The Bertz CT molecular complexity index is 655. The first kappa shape index (κ1) is 16.4. The van der Waals surface area contributed by atoms with Gasteiger partial charge in [-0.25, -0.2) is 0 Å². The number of carbonyl (C=O) groups excluding carboxylic acids is 1. The molecule has 0 atom stereocenters. The van der Waals surface area contributed by atoms with Crippen molar-refractivity contribution < 1.29 is 19.1 Å². The molecule has 22 heavy (non-hydrogen) atoms. The van der Waals surface area contributed by atoms with Crippen molar-refractivity contribution in [2.45, 2.75) is 5.16 Å². The van der Waals surface area contributed by atoms with Crippen molar-refractivity contribution in [3.63, 3.8) is 0 Å². The molecule has 116 valence electrons. The van der Waals surface area contributed by atoms with Gasteiger partial charge in [0, 0.05) is 14.1 Å². The Morgan fingerprint density at radius 2 is 1.27 bits per heavy atom. The number of rotatable bonds is 4. The summed E-state index contributed by atoms with van der Waals surface area (Å²) in [6.07, 6.45) is 0. The molecule has 6 heteroatoms. The van der Waals surface area contributed by atoms with Crippen molar-refractivity contribution in [1.82, 2.24) is 4.90 Å². The van der Waals surface area contributed by atoms with E-state index in [1.165, 1.54) is 19.0 Å². The topological polar surface area (TPSA) is 77.8 Å². The Balaban J connectivity index is 2.89. The molecule has 0 aliphatic carbocycles. The third-order valence-electron chi connectivity index (χ3n) is 3.54. The van der Waals surface area contributed by atoms with Gasteiger partial charge in [0.2, 0.25) is 5.91 Å². The summed E-state index contributed by atoms with van der Waals surface area (Å²) in [5.41, 5.74) is 0.543. The van der Waals surface area contributed by atoms with Crippen LogP contribution in [0, 0.1) is 0 Å². The van der Waals surface area contributed by atoms with E-state index >= 15 is 0 Å². The molecule has 0 fully saturated rings. The molecule has 2 N–H and O–H groups in total. The predicted octanol–water partition coefficient (Wildman–Crippen LogP) is 2.20. The summed E-state index contributed by atoms with van der Waals surface area (Å²) in [6.45, 7) is 0. The summed E-state index contributed by atoms with van der Waals surface area (Å²) in [4.78, 5) is 34.3. The van der Waals surface area contributed by atoms with Gasteiger partial charge >= 0.3 is 7.60 Å². The van der Waals surface area contributed by atoms with Crippen molar-refractivity contribution in [2.75, 3.05) is 14.1 Å². The maximum Gasteiger partial charge on any atom is 0.349 e. The molecular formula is C16H18NO4P. The highest BCUT2D eigenvalue weighted by molar-refractivity contribution is 7.54. The van der Waals surface area contributed by atoms with Crippen LogP contribution >= 0.6 is 7.60 Å². The fourth-order valence-electron chi connectivity index (χ4n) is 2.56. The van der Waals surface area contributed by atoms with Gasteiger partial charge in [-0.3, -0.25) is 9.36 Å². The van der Waals surface area contributed by atoms with Gasteiger partial charge in [-0.15, -0.1) is 0 Å². The van der Waals surface area contributed by atoms with E-state index in [1.54, 1.807) is 60.7 Å². The normalized spacial score (nSPS) is 12.0. The highest BCUT2D eigenvalue weighted by Crippen LogP contribution is 2.61. The summed E-state index contributed by atoms with van der Waals surface area (Å²) >= 11 is 0. The van der Waals surface area contributed by atoms with Crippen LogP contribution in [0.25, 0.3) is 0 Å². The average molecular weight is 319 g/mol. The lowest BCUT2D eigenvalue weighted by molar-refractivity contribution is -0.131. The highest BCUT2D eigenvalue weighted by Gasteiger charge is 2.56. The minimum Gasteiger partial charge on any atom is -0.347 e. The Hall–Kier alpha value is -1.94. The molecule has 2 rings (SSSR count). The van der Waals surface area contributed by atoms with Gasteiger partial charge in [0.05, 0.1) is 0 Å². The summed E-state index contributed by atoms with van der Waals surface area (Å²) in [5, 5.41) is -2.04. The van der Waals surface area contributed by atoms with Crippen molar-refractivity contribution in [3.05, 3.63) is 71.8 Å². The third kappa shape index (κ3) is 2.59. The number of benzene rings is 2. The number of hydrogen-bond donors (Lipinski definition) is 2. The summed E-state index contributed by atoms with van der Waals surface area (Å²) in [7, 11) is -1.88. The SMILES string of the molecule is CN(C)C(=O)C(c1ccccc1)(c1ccccc1)P(=O)(O)O. The lowest BCUT2D eigenvalue weighted by Crippen LogP contribution is -2.44. The van der Waals surface area contributed by atoms with Crippen LogP contribution in [0.2, 0.25) is 0 Å². The molecule has 0 saturated carbocycles. The van der Waals surface area contributed by atoms with Gasteiger partial charge in [-0.05, 0) is 11.1 Å². The molecule has 0 aliphatic heterocycles. The first-order valence-electron chi connectivity index (χ1n) is 6.70. The molecule has 1 amide bonds. The van der Waals surface area contributed by atoms with Crippen LogP contribution in [0.1, 0.15) is 11.1 Å². The monoisotopic (exact) mass is 319 g/mol. The van der Waals surface area contributed by atoms with E-state index in [2.05, 4.69) is 0 Å². The van der Waals surface area contributed by atoms with E-state index in [4.69, 9.17) is 0 Å². The zero-order chi connectivity index (χ0) is 16.4. The van der Waals surface area contributed by atoms with Gasteiger partial charge in [-0.1, -0.05) is 60.7 Å². The van der Waals surface area contributed by atoms with Crippen LogP contribution in [-0.2, 0) is 14.5 Å². The van der Waals surface area contributed by atoms with Crippen LogP contribution in [0.4, 0.5) is 0 Å². The van der Waals surface area contributed by atoms with Crippen LogP contribution < -0.4 is 0 Å². The molecule has 2 aromatic rings. The van der Waals surface area contributed by atoms with Crippen LogP contribution in [0.5, 0.6) is 0 Å². The van der Waals surface area contributed by atoms with Crippen molar-refractivity contribution in [3.8, 4) is 0 Å². The molecule has 0 radical (unpaired) electrons. The van der Waals surface area contributed by atoms with E-state index in [1.807, 2.05) is 0 Å². The first-order chi connectivity index (χ1) is 10.3. The smallest absolute Gasteiger partial charge is 0.347 e. The van der Waals surface area contributed by atoms with E-state index in [0.717, 1.165) is 0 Å². The summed E-state index contributed by atoms with van der Waals surface area (Å²) in [6, 6.07) is 16.4. The molecule has 0 spiro atoms. The largest absolute Gasteiger partial charge is 0.349 e. The molecular weight excluding hydrogens is 301 g/mol. The molecule has 0 aromatic heterocycles. The lowest BCUT2D eigenvalue weighted by Gasteiger charge is -2.35. The van der Waals surface area contributed by atoms with Crippen LogP contribution in [-0.4, -0.2) is 34.7 Å². The Morgan fingerprint density at radius 1 is 0.909 bits per heavy atom. The van der Waals surface area contributed by atoms with E-state index in [-0.39, 0.29) is 11.1 Å². The van der Waals surface area contributed by atoms with E-state index in [0.29, 0.717) is 0 Å². The molecule has 5 nitrogen and oxygen atoms in total. The van der Waals surface area contributed by atoms with Crippen molar-refractivity contribution >= 4 is 13.5 Å². The van der Waals surface area contributed by atoms with Gasteiger partial charge < -0.3 is 14.7 Å². The predicted molar refractivity (Wildman–Crippen MR) is 84.4 cm³/mol. The second kappa shape index (κ2) is 6.05. The first-order valence-corrected chi connectivity index (χ1v) is 8.31. The van der Waals surface area contributed by atoms with Gasteiger partial charge in [0.1, 0.15) is 0 Å². The molecule has 0 aliphatic rings. The number of hydrogen-bond acceptors (Lipinski definition) is 2. The third-order valence-corrected chi connectivity index (χ3v) is 5.12. The van der Waals surface area contributed by atoms with Crippen molar-refractivity contribution in [1.29, 1.82) is 0 Å². The minimum atomic E-state index is -4.85. The van der Waals surface area contributed by atoms with Gasteiger partial charge in [-0.2, -0.15) is 0 Å². The Kier molecular flexibility index (Phi) is 4.52. The molecule has 0 unspecified atom stereocenters. The second-order valence-electron chi connectivity index (χ2n) is 5.19. The molecule has 2 aromatic carbocycles.